The van der Waals surface area contributed by atoms with Crippen molar-refractivity contribution in [3.63, 3.8) is 0 Å². The van der Waals surface area contributed by atoms with Crippen molar-refractivity contribution in [3.05, 3.63) is 29.3 Å². The van der Waals surface area contributed by atoms with Gasteiger partial charge in [-0.2, -0.15) is 0 Å². The minimum absolute atomic E-state index is 0.0634. The van der Waals surface area contributed by atoms with Crippen LogP contribution >= 0.6 is 0 Å². The first-order valence-corrected chi connectivity index (χ1v) is 8.87. The molecule has 0 unspecified atom stereocenters. The van der Waals surface area contributed by atoms with E-state index in [2.05, 4.69) is 0 Å². The molecule has 3 fully saturated rings. The Kier molecular flexibility index (Phi) is 2.86. The van der Waals surface area contributed by atoms with Gasteiger partial charge in [0, 0.05) is 24.0 Å². The van der Waals surface area contributed by atoms with Crippen molar-refractivity contribution in [1.29, 1.82) is 0 Å². The summed E-state index contributed by atoms with van der Waals surface area (Å²) in [6, 6.07) is 4.34. The van der Waals surface area contributed by atoms with Crippen LogP contribution in [0.2, 0.25) is 0 Å². The highest BCUT2D eigenvalue weighted by Gasteiger charge is 2.86. The van der Waals surface area contributed by atoms with Crippen LogP contribution < -0.4 is 0 Å². The molecule has 4 N–H and O–H groups in total. The minimum Gasteiger partial charge on any atom is -0.508 e. The summed E-state index contributed by atoms with van der Waals surface area (Å²) in [6.45, 7) is 1.82. The van der Waals surface area contributed by atoms with Gasteiger partial charge >= 0.3 is 0 Å². The third-order valence-corrected chi connectivity index (χ3v) is 6.75. The van der Waals surface area contributed by atoms with E-state index in [-0.39, 0.29) is 42.1 Å². The lowest BCUT2D eigenvalue weighted by Crippen LogP contribution is -2.76. The summed E-state index contributed by atoms with van der Waals surface area (Å²) in [6.07, 6.45) is -2.04. The molecule has 1 heterocycles. The number of phenolic OH excluding ortho intramolecular Hbond substituents is 1. The van der Waals surface area contributed by atoms with E-state index in [9.17, 15) is 30.0 Å². The minimum atomic E-state index is -2.36. The summed E-state index contributed by atoms with van der Waals surface area (Å²) in [5.41, 5.74) is -5.45. The quantitative estimate of drug-likeness (QED) is 0.488. The van der Waals surface area contributed by atoms with Crippen LogP contribution in [0, 0.1) is 11.8 Å². The number of carbonyl (C=O) groups excluding carboxylic acids is 2. The van der Waals surface area contributed by atoms with Crippen LogP contribution in [-0.2, 0) is 9.53 Å². The van der Waals surface area contributed by atoms with Gasteiger partial charge in [-0.15, -0.1) is 0 Å². The highest BCUT2D eigenvalue weighted by molar-refractivity contribution is 6.11. The van der Waals surface area contributed by atoms with Crippen molar-refractivity contribution < 1.29 is 34.8 Å². The zero-order valence-corrected chi connectivity index (χ0v) is 14.2. The molecule has 138 valence electrons. The number of hydrogen-bond donors (Lipinski definition) is 4. The molecule has 26 heavy (non-hydrogen) atoms. The molecule has 1 aromatic rings. The fourth-order valence-corrected chi connectivity index (χ4v) is 5.86. The van der Waals surface area contributed by atoms with Crippen LogP contribution in [0.15, 0.2) is 18.2 Å². The Labute approximate surface area is 149 Å². The van der Waals surface area contributed by atoms with Crippen LogP contribution in [0.1, 0.15) is 48.2 Å². The van der Waals surface area contributed by atoms with Gasteiger partial charge in [-0.25, -0.2) is 0 Å². The Hall–Kier alpha value is -1.80. The van der Waals surface area contributed by atoms with E-state index in [1.165, 1.54) is 18.2 Å². The van der Waals surface area contributed by atoms with Gasteiger partial charge in [0.1, 0.15) is 17.6 Å². The van der Waals surface area contributed by atoms with Crippen LogP contribution in [0.4, 0.5) is 0 Å². The molecule has 5 rings (SSSR count). The number of phenols is 1. The molecule has 7 nitrogen and oxygen atoms in total. The molecule has 1 aliphatic heterocycles. The van der Waals surface area contributed by atoms with Crippen LogP contribution in [0.3, 0.4) is 0 Å². The molecule has 7 atom stereocenters. The number of aliphatic hydroxyl groups excluding tert-OH is 1. The maximum atomic E-state index is 13.3. The number of rotatable bonds is 0. The summed E-state index contributed by atoms with van der Waals surface area (Å²) < 4.78 is 5.69. The smallest absolute Gasteiger partial charge is 0.198 e. The lowest BCUT2D eigenvalue weighted by Gasteiger charge is -2.56. The van der Waals surface area contributed by atoms with Crippen molar-refractivity contribution in [2.75, 3.05) is 0 Å². The van der Waals surface area contributed by atoms with Crippen molar-refractivity contribution in [3.8, 4) is 5.75 Å². The number of benzene rings is 1. The number of aliphatic hydroxyl groups is 3. The molecular weight excluding hydrogens is 340 g/mol. The van der Waals surface area contributed by atoms with Crippen LogP contribution in [0.25, 0.3) is 0 Å². The van der Waals surface area contributed by atoms with E-state index >= 15 is 0 Å². The highest BCUT2D eigenvalue weighted by Crippen LogP contribution is 2.70. The summed E-state index contributed by atoms with van der Waals surface area (Å²) >= 11 is 0. The normalized spacial score (nSPS) is 48.9. The number of ether oxygens (including phenoxy) is 1. The average Bonchev–Trinajstić information content (AvgIpc) is 3.27. The van der Waals surface area contributed by atoms with E-state index in [0.29, 0.717) is 0 Å². The van der Waals surface area contributed by atoms with Gasteiger partial charge in [-0.3, -0.25) is 9.59 Å². The van der Waals surface area contributed by atoms with Crippen LogP contribution in [-0.4, -0.2) is 54.9 Å². The Bertz CT molecular complexity index is 865. The van der Waals surface area contributed by atoms with Gasteiger partial charge in [0.25, 0.3) is 0 Å². The van der Waals surface area contributed by atoms with Crippen LogP contribution in [0.5, 0.6) is 5.75 Å². The second-order valence-electron chi connectivity index (χ2n) is 8.36. The average molecular weight is 360 g/mol. The number of aromatic hydroxyl groups is 1. The first kappa shape index (κ1) is 16.4. The fraction of sp³-hybridized carbons (Fsp3) is 0.579. The molecule has 4 aliphatic rings. The predicted octanol–water partition coefficient (Wildman–Crippen LogP) is 0.241. The molecule has 1 saturated heterocycles. The molecule has 0 radical (unpaired) electrons. The number of hydrogen-bond acceptors (Lipinski definition) is 7. The van der Waals surface area contributed by atoms with Gasteiger partial charge in [0.05, 0.1) is 17.6 Å². The lowest BCUT2D eigenvalue weighted by atomic mass is 9.49. The zero-order valence-electron chi connectivity index (χ0n) is 14.2. The molecule has 0 amide bonds. The maximum Gasteiger partial charge on any atom is 0.198 e. The molecule has 1 aromatic carbocycles. The summed E-state index contributed by atoms with van der Waals surface area (Å²) in [7, 11) is 0. The lowest BCUT2D eigenvalue weighted by molar-refractivity contribution is -0.219. The largest absolute Gasteiger partial charge is 0.508 e. The summed E-state index contributed by atoms with van der Waals surface area (Å²) in [4.78, 5) is 26.1. The third-order valence-electron chi connectivity index (χ3n) is 6.75. The molecule has 3 aliphatic carbocycles. The van der Waals surface area contributed by atoms with Gasteiger partial charge in [-0.05, 0) is 18.4 Å². The highest BCUT2D eigenvalue weighted by atomic mass is 16.6. The van der Waals surface area contributed by atoms with Crippen molar-refractivity contribution in [2.45, 2.75) is 55.2 Å². The summed E-state index contributed by atoms with van der Waals surface area (Å²) in [5.74, 6) is -2.81. The van der Waals surface area contributed by atoms with E-state index in [1.54, 1.807) is 0 Å². The van der Waals surface area contributed by atoms with E-state index in [1.807, 2.05) is 6.92 Å². The number of fused-ring (bicyclic) bond motifs is 4. The van der Waals surface area contributed by atoms with E-state index in [0.717, 1.165) is 0 Å². The molecule has 2 saturated carbocycles. The maximum absolute atomic E-state index is 13.3. The molecule has 7 heteroatoms. The Balaban J connectivity index is 1.76. The second-order valence-corrected chi connectivity index (χ2v) is 8.36. The number of ketones is 2. The van der Waals surface area contributed by atoms with Gasteiger partial charge in [0.15, 0.2) is 17.0 Å². The Morgan fingerprint density at radius 3 is 2.65 bits per heavy atom. The first-order valence-electron chi connectivity index (χ1n) is 8.87. The number of Topliss-reactive ketones (excluding diaryl/α,β-unsaturated/α-hetero) is 2. The van der Waals surface area contributed by atoms with E-state index < -0.39 is 46.5 Å². The Morgan fingerprint density at radius 2 is 1.92 bits per heavy atom. The van der Waals surface area contributed by atoms with Crippen molar-refractivity contribution in [1.82, 2.24) is 0 Å². The Morgan fingerprint density at radius 1 is 1.19 bits per heavy atom. The molecule has 1 spiro atoms. The number of carbonyl (C=O) groups is 2. The van der Waals surface area contributed by atoms with Gasteiger partial charge in [0.2, 0.25) is 0 Å². The monoisotopic (exact) mass is 360 g/mol. The molecular formula is C19H20O7. The second kappa shape index (κ2) is 4.54. The summed E-state index contributed by atoms with van der Waals surface area (Å²) in [5, 5.41) is 43.7. The zero-order chi connectivity index (χ0) is 18.6. The predicted molar refractivity (Wildman–Crippen MR) is 86.4 cm³/mol. The first-order chi connectivity index (χ1) is 12.2. The molecule has 0 bridgehead atoms. The van der Waals surface area contributed by atoms with E-state index in [4.69, 9.17) is 4.74 Å². The fourth-order valence-electron chi connectivity index (χ4n) is 5.86. The SMILES string of the molecule is C[C@@H]1CC(=O)[C@@H]2[C@](O)(C1)C[C@H](O)[C@]13O[C@H]1c1c(O)cccc1C(=O)[C@@]23O. The van der Waals surface area contributed by atoms with Crippen molar-refractivity contribution >= 4 is 11.6 Å². The van der Waals surface area contributed by atoms with Gasteiger partial charge in [-0.1, -0.05) is 19.1 Å². The number of epoxide rings is 1. The third kappa shape index (κ3) is 1.55. The van der Waals surface area contributed by atoms with Gasteiger partial charge < -0.3 is 25.2 Å². The standard InChI is InChI=1S/C19H20O7/c1-8-5-11(21)14-17(24,6-8)7-12(22)19-16(26-19)13-9(3-2-4-10(13)20)15(23)18(14,19)25/h2-4,8,12,14,16,20,22,24-25H,5-7H2,1H3/t8-,12+,14-,16+,17+,18+,19+/m1/s1. The topological polar surface area (TPSA) is 128 Å². The van der Waals surface area contributed by atoms with Crippen molar-refractivity contribution in [2.24, 2.45) is 11.8 Å². The molecule has 0 aromatic heterocycles.